The summed E-state index contributed by atoms with van der Waals surface area (Å²) in [7, 11) is 0. The predicted octanol–water partition coefficient (Wildman–Crippen LogP) is 3.91. The Bertz CT molecular complexity index is 881. The first-order valence-electron chi connectivity index (χ1n) is 9.65. The molecule has 138 valence electrons. The number of benzene rings is 2. The standard InChI is InChI=1S/C22H23N3O2/c1-3-7-16(8-4-1)19-13-18(19)14-25-11-12-26-20(15-25)21-23-22(27-24-21)17-9-5-2-6-10-17/h1-10,18-20H,11-15H2/t18-,19-,20?/m0/s1. The van der Waals surface area contributed by atoms with Crippen LogP contribution in [0.15, 0.2) is 65.2 Å². The van der Waals surface area contributed by atoms with Crippen LogP contribution in [-0.4, -0.2) is 41.3 Å². The van der Waals surface area contributed by atoms with Crippen LogP contribution >= 0.6 is 0 Å². The van der Waals surface area contributed by atoms with Gasteiger partial charge in [0.25, 0.3) is 5.89 Å². The van der Waals surface area contributed by atoms with E-state index in [0.29, 0.717) is 24.2 Å². The molecule has 5 heteroatoms. The summed E-state index contributed by atoms with van der Waals surface area (Å²) in [5.41, 5.74) is 2.41. The van der Waals surface area contributed by atoms with Gasteiger partial charge in [0.05, 0.1) is 6.61 Å². The van der Waals surface area contributed by atoms with Gasteiger partial charge in [0.1, 0.15) is 6.10 Å². The smallest absolute Gasteiger partial charge is 0.258 e. The molecule has 0 spiro atoms. The Morgan fingerprint density at radius 2 is 1.78 bits per heavy atom. The van der Waals surface area contributed by atoms with Crippen LogP contribution in [0.1, 0.15) is 29.8 Å². The van der Waals surface area contributed by atoms with Crippen molar-refractivity contribution in [1.29, 1.82) is 0 Å². The molecule has 1 unspecified atom stereocenters. The Kier molecular flexibility index (Phi) is 4.47. The molecular formula is C22H23N3O2. The number of ether oxygens (including phenoxy) is 1. The monoisotopic (exact) mass is 361 g/mol. The van der Waals surface area contributed by atoms with Crippen molar-refractivity contribution < 1.29 is 9.26 Å². The van der Waals surface area contributed by atoms with E-state index in [2.05, 4.69) is 45.4 Å². The molecule has 0 amide bonds. The van der Waals surface area contributed by atoms with Crippen molar-refractivity contribution in [1.82, 2.24) is 15.0 Å². The van der Waals surface area contributed by atoms with Crippen molar-refractivity contribution in [2.45, 2.75) is 18.4 Å². The molecule has 2 aromatic carbocycles. The predicted molar refractivity (Wildman–Crippen MR) is 102 cm³/mol. The van der Waals surface area contributed by atoms with Crippen molar-refractivity contribution in [2.75, 3.05) is 26.2 Å². The zero-order chi connectivity index (χ0) is 18.1. The summed E-state index contributed by atoms with van der Waals surface area (Å²) in [6, 6.07) is 20.7. The molecule has 1 aliphatic carbocycles. The molecule has 1 saturated carbocycles. The lowest BCUT2D eigenvalue weighted by molar-refractivity contribution is -0.0366. The van der Waals surface area contributed by atoms with Crippen molar-refractivity contribution >= 4 is 0 Å². The largest absolute Gasteiger partial charge is 0.367 e. The van der Waals surface area contributed by atoms with E-state index in [-0.39, 0.29) is 6.10 Å². The minimum absolute atomic E-state index is 0.117. The highest BCUT2D eigenvalue weighted by Gasteiger charge is 2.40. The Morgan fingerprint density at radius 3 is 2.59 bits per heavy atom. The molecule has 1 aromatic heterocycles. The molecule has 3 aromatic rings. The SMILES string of the molecule is c1ccc(-c2nc(C3CN(C[C@@H]4C[C@H]4c4ccccc4)CCO3)no2)cc1. The summed E-state index contributed by atoms with van der Waals surface area (Å²) in [6.45, 7) is 3.62. The Labute approximate surface area is 159 Å². The molecule has 2 heterocycles. The molecular weight excluding hydrogens is 338 g/mol. The number of hydrogen-bond acceptors (Lipinski definition) is 5. The fraction of sp³-hybridized carbons (Fsp3) is 0.364. The molecule has 2 fully saturated rings. The number of rotatable bonds is 5. The van der Waals surface area contributed by atoms with Gasteiger partial charge in [-0.1, -0.05) is 53.7 Å². The highest BCUT2D eigenvalue weighted by Crippen LogP contribution is 2.48. The summed E-state index contributed by atoms with van der Waals surface area (Å²) < 4.78 is 11.4. The molecule has 27 heavy (non-hydrogen) atoms. The Morgan fingerprint density at radius 1 is 1.00 bits per heavy atom. The minimum atomic E-state index is -0.117. The van der Waals surface area contributed by atoms with Gasteiger partial charge >= 0.3 is 0 Å². The first-order valence-corrected chi connectivity index (χ1v) is 9.65. The topological polar surface area (TPSA) is 51.4 Å². The fourth-order valence-electron chi connectivity index (χ4n) is 3.98. The quantitative estimate of drug-likeness (QED) is 0.689. The van der Waals surface area contributed by atoms with Gasteiger partial charge in [0, 0.05) is 25.2 Å². The molecule has 3 atom stereocenters. The first-order chi connectivity index (χ1) is 13.4. The molecule has 0 bridgehead atoms. The van der Waals surface area contributed by atoms with Crippen molar-refractivity contribution in [3.05, 3.63) is 72.1 Å². The van der Waals surface area contributed by atoms with Gasteiger partial charge < -0.3 is 9.26 Å². The van der Waals surface area contributed by atoms with Gasteiger partial charge in [-0.15, -0.1) is 0 Å². The van der Waals surface area contributed by atoms with E-state index in [9.17, 15) is 0 Å². The molecule has 0 radical (unpaired) electrons. The third kappa shape index (κ3) is 3.66. The lowest BCUT2D eigenvalue weighted by Gasteiger charge is -2.31. The van der Waals surface area contributed by atoms with Crippen LogP contribution < -0.4 is 0 Å². The summed E-state index contributed by atoms with van der Waals surface area (Å²) >= 11 is 0. The summed E-state index contributed by atoms with van der Waals surface area (Å²) in [6.07, 6.45) is 1.17. The maximum Gasteiger partial charge on any atom is 0.258 e. The zero-order valence-corrected chi connectivity index (χ0v) is 15.2. The Hall–Kier alpha value is -2.50. The average Bonchev–Trinajstić information content (AvgIpc) is 3.31. The normalized spacial score (nSPS) is 25.4. The second-order valence-electron chi connectivity index (χ2n) is 7.46. The molecule has 0 N–H and O–H groups in total. The highest BCUT2D eigenvalue weighted by molar-refractivity contribution is 5.52. The van der Waals surface area contributed by atoms with Crippen LogP contribution in [0.2, 0.25) is 0 Å². The van der Waals surface area contributed by atoms with Crippen molar-refractivity contribution in [2.24, 2.45) is 5.92 Å². The van der Waals surface area contributed by atoms with Crippen LogP contribution in [0.5, 0.6) is 0 Å². The van der Waals surface area contributed by atoms with Gasteiger partial charge in [0.2, 0.25) is 5.82 Å². The number of hydrogen-bond donors (Lipinski definition) is 0. The lowest BCUT2D eigenvalue weighted by Crippen LogP contribution is -2.39. The van der Waals surface area contributed by atoms with Gasteiger partial charge in [-0.25, -0.2) is 0 Å². The van der Waals surface area contributed by atoms with Crippen LogP contribution in [-0.2, 0) is 4.74 Å². The first kappa shape index (κ1) is 16.7. The second kappa shape index (κ2) is 7.25. The van der Waals surface area contributed by atoms with E-state index in [4.69, 9.17) is 9.26 Å². The van der Waals surface area contributed by atoms with E-state index < -0.39 is 0 Å². The minimum Gasteiger partial charge on any atom is -0.367 e. The van der Waals surface area contributed by atoms with Crippen molar-refractivity contribution in [3.63, 3.8) is 0 Å². The number of morpholine rings is 1. The molecule has 1 saturated heterocycles. The fourth-order valence-corrected chi connectivity index (χ4v) is 3.98. The molecule has 1 aliphatic heterocycles. The van der Waals surface area contributed by atoms with E-state index >= 15 is 0 Å². The van der Waals surface area contributed by atoms with Crippen LogP contribution in [0.3, 0.4) is 0 Å². The second-order valence-corrected chi connectivity index (χ2v) is 7.46. The highest BCUT2D eigenvalue weighted by atomic mass is 16.5. The van der Waals surface area contributed by atoms with E-state index in [0.717, 1.165) is 31.1 Å². The molecule has 5 nitrogen and oxygen atoms in total. The average molecular weight is 361 g/mol. The van der Waals surface area contributed by atoms with E-state index in [1.54, 1.807) is 0 Å². The van der Waals surface area contributed by atoms with E-state index in [1.807, 2.05) is 30.3 Å². The van der Waals surface area contributed by atoms with Gasteiger partial charge in [-0.3, -0.25) is 4.90 Å². The maximum atomic E-state index is 5.93. The third-order valence-corrected chi connectivity index (χ3v) is 5.54. The van der Waals surface area contributed by atoms with Crippen LogP contribution in [0.25, 0.3) is 11.5 Å². The van der Waals surface area contributed by atoms with Crippen LogP contribution in [0, 0.1) is 5.92 Å². The Balaban J connectivity index is 1.21. The third-order valence-electron chi connectivity index (χ3n) is 5.54. The summed E-state index contributed by atoms with van der Waals surface area (Å²) in [5, 5.41) is 4.17. The van der Waals surface area contributed by atoms with Gasteiger partial charge in [-0.2, -0.15) is 4.98 Å². The van der Waals surface area contributed by atoms with Gasteiger partial charge in [-0.05, 0) is 36.0 Å². The number of aromatic nitrogens is 2. The summed E-state index contributed by atoms with van der Waals surface area (Å²) in [4.78, 5) is 7.05. The molecule has 2 aliphatic rings. The zero-order valence-electron chi connectivity index (χ0n) is 15.2. The summed E-state index contributed by atoms with van der Waals surface area (Å²) in [5.74, 6) is 2.66. The molecule has 5 rings (SSSR count). The lowest BCUT2D eigenvalue weighted by atomic mass is 10.1. The van der Waals surface area contributed by atoms with Crippen molar-refractivity contribution in [3.8, 4) is 11.5 Å². The van der Waals surface area contributed by atoms with E-state index in [1.165, 1.54) is 12.0 Å². The maximum absolute atomic E-state index is 5.93. The van der Waals surface area contributed by atoms with Crippen LogP contribution in [0.4, 0.5) is 0 Å². The van der Waals surface area contributed by atoms with Gasteiger partial charge in [0.15, 0.2) is 0 Å². The number of nitrogens with zero attached hydrogens (tertiary/aromatic N) is 3.